The molecule has 0 atom stereocenters. The molecule has 0 heterocycles. The standard InChI is InChI=1S/C27H35NO5/c1-6-7-14-32-25(30)20-10-9-19(16-24(20)29)33-17-23(28-31)18-8-11-21-22(15-18)27(4,5)13-12-26(21,2)3/h8-11,15-16,29,31H,6-7,12-14,17H2,1-5H3. The predicted octanol–water partition coefficient (Wildman–Crippen LogP) is 5.96. The first kappa shape index (κ1) is 24.6. The van der Waals surface area contributed by atoms with Crippen molar-refractivity contribution < 1.29 is 24.6 Å². The quantitative estimate of drug-likeness (QED) is 0.169. The van der Waals surface area contributed by atoms with Crippen molar-refractivity contribution in [3.05, 3.63) is 58.7 Å². The molecule has 0 amide bonds. The summed E-state index contributed by atoms with van der Waals surface area (Å²) in [7, 11) is 0. The van der Waals surface area contributed by atoms with Gasteiger partial charge in [0, 0.05) is 11.6 Å². The second-order valence-corrected chi connectivity index (χ2v) is 10.0. The third-order valence-electron chi connectivity index (χ3n) is 6.60. The topological polar surface area (TPSA) is 88.4 Å². The van der Waals surface area contributed by atoms with Crippen molar-refractivity contribution in [2.45, 2.75) is 71.1 Å². The van der Waals surface area contributed by atoms with Crippen LogP contribution in [0, 0.1) is 0 Å². The molecule has 0 fully saturated rings. The number of rotatable bonds is 8. The third-order valence-corrected chi connectivity index (χ3v) is 6.60. The second kappa shape index (κ2) is 9.86. The molecule has 0 unspecified atom stereocenters. The van der Waals surface area contributed by atoms with E-state index in [1.807, 2.05) is 13.0 Å². The minimum atomic E-state index is -0.565. The van der Waals surface area contributed by atoms with Crippen LogP contribution in [0.2, 0.25) is 0 Å². The highest BCUT2D eigenvalue weighted by molar-refractivity contribution is 6.01. The van der Waals surface area contributed by atoms with E-state index in [1.165, 1.54) is 23.3 Å². The van der Waals surface area contributed by atoms with E-state index in [0.717, 1.165) is 31.2 Å². The van der Waals surface area contributed by atoms with Gasteiger partial charge in [-0.05, 0) is 59.4 Å². The fourth-order valence-corrected chi connectivity index (χ4v) is 4.25. The lowest BCUT2D eigenvalue weighted by Crippen LogP contribution is -2.34. The molecular formula is C27H35NO5. The molecule has 0 saturated carbocycles. The Balaban J connectivity index is 1.74. The van der Waals surface area contributed by atoms with E-state index in [4.69, 9.17) is 9.47 Å². The van der Waals surface area contributed by atoms with Crippen molar-refractivity contribution in [1.82, 2.24) is 0 Å². The Labute approximate surface area is 196 Å². The fourth-order valence-electron chi connectivity index (χ4n) is 4.25. The van der Waals surface area contributed by atoms with Crippen LogP contribution < -0.4 is 4.74 Å². The average molecular weight is 454 g/mol. The third kappa shape index (κ3) is 5.49. The monoisotopic (exact) mass is 453 g/mol. The van der Waals surface area contributed by atoms with Crippen molar-refractivity contribution >= 4 is 11.7 Å². The van der Waals surface area contributed by atoms with Gasteiger partial charge in [0.05, 0.1) is 6.61 Å². The van der Waals surface area contributed by atoms with Gasteiger partial charge in [0.25, 0.3) is 0 Å². The number of hydrogen-bond acceptors (Lipinski definition) is 6. The Bertz CT molecular complexity index is 1040. The smallest absolute Gasteiger partial charge is 0.341 e. The van der Waals surface area contributed by atoms with Crippen LogP contribution in [0.5, 0.6) is 11.5 Å². The van der Waals surface area contributed by atoms with Crippen LogP contribution >= 0.6 is 0 Å². The molecule has 2 aromatic carbocycles. The van der Waals surface area contributed by atoms with E-state index in [-0.39, 0.29) is 28.7 Å². The number of oxime groups is 1. The van der Waals surface area contributed by atoms with Crippen LogP contribution in [0.3, 0.4) is 0 Å². The summed E-state index contributed by atoms with van der Waals surface area (Å²) in [6, 6.07) is 10.6. The Morgan fingerprint density at radius 3 is 2.36 bits per heavy atom. The Kier molecular flexibility index (Phi) is 7.35. The maximum Gasteiger partial charge on any atom is 0.341 e. The number of unbranched alkanes of at least 4 members (excludes halogenated alkanes) is 1. The first-order chi connectivity index (χ1) is 15.6. The maximum absolute atomic E-state index is 12.1. The van der Waals surface area contributed by atoms with Gasteiger partial charge < -0.3 is 19.8 Å². The average Bonchev–Trinajstić information content (AvgIpc) is 2.77. The van der Waals surface area contributed by atoms with E-state index in [0.29, 0.717) is 18.1 Å². The number of hydrogen-bond donors (Lipinski definition) is 2. The number of ether oxygens (including phenoxy) is 2. The van der Waals surface area contributed by atoms with Crippen molar-refractivity contribution in [2.24, 2.45) is 5.16 Å². The lowest BCUT2D eigenvalue weighted by molar-refractivity contribution is 0.0496. The minimum Gasteiger partial charge on any atom is -0.507 e. The number of benzene rings is 2. The van der Waals surface area contributed by atoms with Gasteiger partial charge in [-0.25, -0.2) is 4.79 Å². The van der Waals surface area contributed by atoms with Crippen LogP contribution in [-0.4, -0.2) is 35.2 Å². The second-order valence-electron chi connectivity index (χ2n) is 10.0. The molecule has 0 radical (unpaired) electrons. The number of fused-ring (bicyclic) bond motifs is 1. The number of esters is 1. The lowest BCUT2D eigenvalue weighted by atomic mass is 9.63. The molecule has 0 aliphatic heterocycles. The highest BCUT2D eigenvalue weighted by Crippen LogP contribution is 2.46. The van der Waals surface area contributed by atoms with Gasteiger partial charge in [0.15, 0.2) is 0 Å². The minimum absolute atomic E-state index is 0.0127. The summed E-state index contributed by atoms with van der Waals surface area (Å²) < 4.78 is 10.9. The zero-order chi connectivity index (χ0) is 24.2. The van der Waals surface area contributed by atoms with Crippen molar-refractivity contribution in [3.63, 3.8) is 0 Å². The summed E-state index contributed by atoms with van der Waals surface area (Å²) in [5.74, 6) is -0.419. The summed E-state index contributed by atoms with van der Waals surface area (Å²) in [5.41, 5.74) is 4.01. The summed E-state index contributed by atoms with van der Waals surface area (Å²) in [6.45, 7) is 11.4. The van der Waals surface area contributed by atoms with Crippen molar-refractivity contribution in [2.75, 3.05) is 13.2 Å². The first-order valence-electron chi connectivity index (χ1n) is 11.6. The van der Waals surface area contributed by atoms with E-state index in [1.54, 1.807) is 6.07 Å². The molecule has 6 heteroatoms. The van der Waals surface area contributed by atoms with Gasteiger partial charge >= 0.3 is 5.97 Å². The number of carbonyl (C=O) groups is 1. The van der Waals surface area contributed by atoms with Gasteiger partial charge in [-0.2, -0.15) is 0 Å². The number of phenolic OH excluding ortho intramolecular Hbond substituents is 1. The molecule has 0 bridgehead atoms. The van der Waals surface area contributed by atoms with Crippen LogP contribution in [0.4, 0.5) is 0 Å². The number of aromatic hydroxyl groups is 1. The molecule has 0 aromatic heterocycles. The molecule has 0 saturated heterocycles. The summed E-state index contributed by atoms with van der Waals surface area (Å²) in [5, 5.41) is 23.4. The summed E-state index contributed by atoms with van der Waals surface area (Å²) >= 11 is 0. The van der Waals surface area contributed by atoms with E-state index in [9.17, 15) is 15.1 Å². The van der Waals surface area contributed by atoms with Gasteiger partial charge in [-0.15, -0.1) is 0 Å². The number of carbonyl (C=O) groups excluding carboxylic acids is 1. The fraction of sp³-hybridized carbons (Fsp3) is 0.481. The van der Waals surface area contributed by atoms with Gasteiger partial charge in [-0.3, -0.25) is 0 Å². The van der Waals surface area contributed by atoms with E-state index < -0.39 is 5.97 Å². The molecule has 1 aliphatic rings. The van der Waals surface area contributed by atoms with Crippen LogP contribution in [-0.2, 0) is 15.6 Å². The molecule has 0 spiro atoms. The molecular weight excluding hydrogens is 418 g/mol. The normalized spacial score (nSPS) is 16.7. The molecule has 2 aromatic rings. The SMILES string of the molecule is CCCCOC(=O)c1ccc(OCC(=NO)c2ccc3c(c2)C(C)(C)CCC3(C)C)cc1O. The van der Waals surface area contributed by atoms with Gasteiger partial charge in [-0.1, -0.05) is 58.3 Å². The zero-order valence-corrected chi connectivity index (χ0v) is 20.3. The summed E-state index contributed by atoms with van der Waals surface area (Å²) in [4.78, 5) is 12.1. The Hall–Kier alpha value is -3.02. The van der Waals surface area contributed by atoms with E-state index >= 15 is 0 Å². The molecule has 1 aliphatic carbocycles. The van der Waals surface area contributed by atoms with Crippen LogP contribution in [0.15, 0.2) is 41.6 Å². The lowest BCUT2D eigenvalue weighted by Gasteiger charge is -2.42. The zero-order valence-electron chi connectivity index (χ0n) is 20.3. The Morgan fingerprint density at radius 1 is 1.03 bits per heavy atom. The largest absolute Gasteiger partial charge is 0.507 e. The molecule has 2 N–H and O–H groups in total. The van der Waals surface area contributed by atoms with Gasteiger partial charge in [0.2, 0.25) is 0 Å². The van der Waals surface area contributed by atoms with Crippen molar-refractivity contribution in [1.29, 1.82) is 0 Å². The number of phenols is 1. The predicted molar refractivity (Wildman–Crippen MR) is 129 cm³/mol. The number of nitrogens with zero attached hydrogens (tertiary/aromatic N) is 1. The molecule has 3 rings (SSSR count). The maximum atomic E-state index is 12.1. The molecule has 6 nitrogen and oxygen atoms in total. The van der Waals surface area contributed by atoms with Crippen LogP contribution in [0.25, 0.3) is 0 Å². The highest BCUT2D eigenvalue weighted by atomic mass is 16.5. The summed E-state index contributed by atoms with van der Waals surface area (Å²) in [6.07, 6.45) is 3.90. The highest BCUT2D eigenvalue weighted by Gasteiger charge is 2.37. The van der Waals surface area contributed by atoms with Crippen LogP contribution in [0.1, 0.15) is 87.4 Å². The molecule has 33 heavy (non-hydrogen) atoms. The van der Waals surface area contributed by atoms with E-state index in [2.05, 4.69) is 45.0 Å². The molecule has 178 valence electrons. The van der Waals surface area contributed by atoms with Gasteiger partial charge in [0.1, 0.15) is 29.4 Å². The Morgan fingerprint density at radius 2 is 1.73 bits per heavy atom. The van der Waals surface area contributed by atoms with Crippen molar-refractivity contribution in [3.8, 4) is 11.5 Å². The first-order valence-corrected chi connectivity index (χ1v) is 11.6.